The zero-order valence-electron chi connectivity index (χ0n) is 7.37. The van der Waals surface area contributed by atoms with E-state index in [-0.39, 0.29) is 5.89 Å². The van der Waals surface area contributed by atoms with E-state index in [1.54, 1.807) is 6.92 Å². The quantitative estimate of drug-likeness (QED) is 0.781. The predicted molar refractivity (Wildman–Crippen MR) is 42.0 cm³/mol. The topological polar surface area (TPSA) is 63.3 Å². The number of carbonyl (C=O) groups is 1. The van der Waals surface area contributed by atoms with Gasteiger partial charge in [-0.3, -0.25) is 4.79 Å². The third-order valence-corrected chi connectivity index (χ3v) is 1.55. The standard InChI is InChI=1S/C8H10FNO3/c1-5-4-10-7(13-5)8(2,9)3-6(11)12/h4H,3H2,1-2H3,(H,11,12). The summed E-state index contributed by atoms with van der Waals surface area (Å²) in [5.74, 6) is -0.947. The highest BCUT2D eigenvalue weighted by Crippen LogP contribution is 2.28. The Balaban J connectivity index is 2.86. The summed E-state index contributed by atoms with van der Waals surface area (Å²) in [6, 6.07) is 0. The molecule has 0 aromatic carbocycles. The lowest BCUT2D eigenvalue weighted by molar-refractivity contribution is -0.140. The lowest BCUT2D eigenvalue weighted by Crippen LogP contribution is -2.20. The van der Waals surface area contributed by atoms with Crippen LogP contribution in [0.2, 0.25) is 0 Å². The summed E-state index contributed by atoms with van der Waals surface area (Å²) in [5.41, 5.74) is -2.04. The van der Waals surface area contributed by atoms with Gasteiger partial charge in [-0.25, -0.2) is 9.37 Å². The van der Waals surface area contributed by atoms with Crippen LogP contribution >= 0.6 is 0 Å². The highest BCUT2D eigenvalue weighted by atomic mass is 19.1. The summed E-state index contributed by atoms with van der Waals surface area (Å²) in [4.78, 5) is 13.9. The van der Waals surface area contributed by atoms with E-state index in [0.717, 1.165) is 6.92 Å². The van der Waals surface area contributed by atoms with Crippen LogP contribution in [0, 0.1) is 6.92 Å². The average Bonchev–Trinajstić information content (AvgIpc) is 2.32. The molecule has 1 unspecified atom stereocenters. The number of rotatable bonds is 3. The molecule has 0 aliphatic rings. The molecule has 1 atom stereocenters. The number of hydrogen-bond acceptors (Lipinski definition) is 3. The highest BCUT2D eigenvalue weighted by molar-refractivity contribution is 5.68. The molecule has 0 fully saturated rings. The zero-order valence-corrected chi connectivity index (χ0v) is 7.37. The van der Waals surface area contributed by atoms with Gasteiger partial charge in [-0.05, 0) is 13.8 Å². The van der Waals surface area contributed by atoms with Gasteiger partial charge < -0.3 is 9.52 Å². The van der Waals surface area contributed by atoms with Gasteiger partial charge in [-0.2, -0.15) is 0 Å². The molecule has 5 heteroatoms. The molecule has 1 heterocycles. The fourth-order valence-electron chi connectivity index (χ4n) is 0.955. The molecule has 1 N–H and O–H groups in total. The molecule has 0 saturated carbocycles. The normalized spacial score (nSPS) is 15.3. The molecule has 0 aliphatic carbocycles. The molecule has 4 nitrogen and oxygen atoms in total. The highest BCUT2D eigenvalue weighted by Gasteiger charge is 2.34. The molecule has 0 spiro atoms. The summed E-state index contributed by atoms with van der Waals surface area (Å²) in [6.45, 7) is 2.75. The Kier molecular flexibility index (Phi) is 2.36. The van der Waals surface area contributed by atoms with Gasteiger partial charge in [0.15, 0.2) is 5.67 Å². The second-order valence-electron chi connectivity index (χ2n) is 3.04. The van der Waals surface area contributed by atoms with Gasteiger partial charge in [0.2, 0.25) is 5.89 Å². The number of hydrogen-bond donors (Lipinski definition) is 1. The first-order valence-corrected chi connectivity index (χ1v) is 3.75. The summed E-state index contributed by atoms with van der Waals surface area (Å²) in [5, 5.41) is 8.41. The third-order valence-electron chi connectivity index (χ3n) is 1.55. The maximum absolute atomic E-state index is 13.5. The molecule has 0 aliphatic heterocycles. The molecule has 13 heavy (non-hydrogen) atoms. The van der Waals surface area contributed by atoms with Crippen LogP contribution in [0.4, 0.5) is 4.39 Å². The number of halogens is 1. The number of carboxylic acids is 1. The van der Waals surface area contributed by atoms with Crippen molar-refractivity contribution in [2.45, 2.75) is 25.9 Å². The van der Waals surface area contributed by atoms with Crippen molar-refractivity contribution in [1.82, 2.24) is 4.98 Å². The maximum atomic E-state index is 13.5. The number of carboxylic acid groups (broad SMARTS) is 1. The average molecular weight is 187 g/mol. The Hall–Kier alpha value is -1.39. The zero-order chi connectivity index (χ0) is 10.1. The molecular formula is C8H10FNO3. The summed E-state index contributed by atoms with van der Waals surface area (Å²) >= 11 is 0. The largest absolute Gasteiger partial charge is 0.481 e. The lowest BCUT2D eigenvalue weighted by atomic mass is 10.1. The van der Waals surface area contributed by atoms with Crippen LogP contribution in [0.25, 0.3) is 0 Å². The van der Waals surface area contributed by atoms with E-state index in [2.05, 4.69) is 4.98 Å². The minimum atomic E-state index is -2.04. The van der Waals surface area contributed by atoms with Crippen molar-refractivity contribution >= 4 is 5.97 Å². The third kappa shape index (κ3) is 2.27. The minimum Gasteiger partial charge on any atom is -0.481 e. The minimum absolute atomic E-state index is 0.188. The smallest absolute Gasteiger partial charge is 0.307 e. The Morgan fingerprint density at radius 3 is 2.85 bits per heavy atom. The van der Waals surface area contributed by atoms with Crippen LogP contribution in [0.1, 0.15) is 25.0 Å². The molecule has 1 aromatic heterocycles. The van der Waals surface area contributed by atoms with E-state index in [9.17, 15) is 9.18 Å². The van der Waals surface area contributed by atoms with Crippen molar-refractivity contribution < 1.29 is 18.7 Å². The van der Waals surface area contributed by atoms with Crippen LogP contribution in [-0.2, 0) is 10.5 Å². The molecule has 72 valence electrons. The SMILES string of the molecule is Cc1cnc(C(C)(F)CC(=O)O)o1. The van der Waals surface area contributed by atoms with E-state index in [0.29, 0.717) is 5.76 Å². The Labute approximate surface area is 74.4 Å². The van der Waals surface area contributed by atoms with E-state index in [1.165, 1.54) is 6.20 Å². The summed E-state index contributed by atoms with van der Waals surface area (Å²) in [6.07, 6.45) is 0.710. The first-order chi connectivity index (χ1) is 5.92. The van der Waals surface area contributed by atoms with Crippen LogP contribution in [-0.4, -0.2) is 16.1 Å². The van der Waals surface area contributed by atoms with Crippen molar-refractivity contribution in [3.8, 4) is 0 Å². The number of aromatic nitrogens is 1. The van der Waals surface area contributed by atoms with Gasteiger partial charge in [-0.15, -0.1) is 0 Å². The number of nitrogens with zero attached hydrogens (tertiary/aromatic N) is 1. The molecule has 0 amide bonds. The van der Waals surface area contributed by atoms with E-state index >= 15 is 0 Å². The summed E-state index contributed by atoms with van der Waals surface area (Å²) < 4.78 is 18.4. The van der Waals surface area contributed by atoms with Gasteiger partial charge >= 0.3 is 5.97 Å². The van der Waals surface area contributed by atoms with Gasteiger partial charge in [0.25, 0.3) is 0 Å². The van der Waals surface area contributed by atoms with Gasteiger partial charge in [0, 0.05) is 0 Å². The van der Waals surface area contributed by atoms with Crippen LogP contribution < -0.4 is 0 Å². The Bertz CT molecular complexity index is 319. The molecular weight excluding hydrogens is 177 g/mol. The lowest BCUT2D eigenvalue weighted by Gasteiger charge is -2.12. The Morgan fingerprint density at radius 1 is 1.85 bits per heavy atom. The van der Waals surface area contributed by atoms with E-state index < -0.39 is 18.1 Å². The fraction of sp³-hybridized carbons (Fsp3) is 0.500. The van der Waals surface area contributed by atoms with Gasteiger partial charge in [0.1, 0.15) is 5.76 Å². The molecule has 0 saturated heterocycles. The van der Waals surface area contributed by atoms with E-state index in [1.807, 2.05) is 0 Å². The summed E-state index contributed by atoms with van der Waals surface area (Å²) in [7, 11) is 0. The van der Waals surface area contributed by atoms with Crippen molar-refractivity contribution in [3.05, 3.63) is 17.8 Å². The second kappa shape index (κ2) is 3.16. The molecule has 0 bridgehead atoms. The van der Waals surface area contributed by atoms with Crippen molar-refractivity contribution in [2.75, 3.05) is 0 Å². The fourth-order valence-corrected chi connectivity index (χ4v) is 0.955. The van der Waals surface area contributed by atoms with Crippen molar-refractivity contribution in [2.24, 2.45) is 0 Å². The van der Waals surface area contributed by atoms with Crippen molar-refractivity contribution in [1.29, 1.82) is 0 Å². The predicted octanol–water partition coefficient (Wildman–Crippen LogP) is 1.64. The maximum Gasteiger partial charge on any atom is 0.307 e. The van der Waals surface area contributed by atoms with Gasteiger partial charge in [0.05, 0.1) is 12.6 Å². The number of aliphatic carboxylic acids is 1. The molecule has 1 rings (SSSR count). The number of alkyl halides is 1. The van der Waals surface area contributed by atoms with Crippen LogP contribution in [0.3, 0.4) is 0 Å². The molecule has 1 aromatic rings. The van der Waals surface area contributed by atoms with Gasteiger partial charge in [-0.1, -0.05) is 0 Å². The first-order valence-electron chi connectivity index (χ1n) is 3.75. The van der Waals surface area contributed by atoms with Crippen LogP contribution in [0.15, 0.2) is 10.6 Å². The number of aryl methyl sites for hydroxylation is 1. The van der Waals surface area contributed by atoms with E-state index in [4.69, 9.17) is 9.52 Å². The Morgan fingerprint density at radius 2 is 2.46 bits per heavy atom. The second-order valence-corrected chi connectivity index (χ2v) is 3.04. The monoisotopic (exact) mass is 187 g/mol. The van der Waals surface area contributed by atoms with Crippen molar-refractivity contribution in [3.63, 3.8) is 0 Å². The van der Waals surface area contributed by atoms with Crippen LogP contribution in [0.5, 0.6) is 0 Å². The molecule has 0 radical (unpaired) electrons. The first kappa shape index (κ1) is 9.70. The number of oxazole rings is 1.